The summed E-state index contributed by atoms with van der Waals surface area (Å²) < 4.78 is 6.54. The van der Waals surface area contributed by atoms with E-state index in [2.05, 4.69) is 41.2 Å². The number of ether oxygens (including phenoxy) is 1. The second kappa shape index (κ2) is 4.83. The van der Waals surface area contributed by atoms with Crippen molar-refractivity contribution in [3.8, 4) is 0 Å². The van der Waals surface area contributed by atoms with Gasteiger partial charge >= 0.3 is 0 Å². The normalized spacial score (nSPS) is 54.2. The zero-order valence-corrected chi connectivity index (χ0v) is 15.1. The molecule has 3 aliphatic rings. The van der Waals surface area contributed by atoms with E-state index in [1.807, 2.05) is 6.08 Å². The number of aliphatic hydroxyl groups excluding tert-OH is 1. The van der Waals surface area contributed by atoms with Crippen LogP contribution in [-0.4, -0.2) is 22.4 Å². The summed E-state index contributed by atoms with van der Waals surface area (Å²) in [5.41, 5.74) is -0.105. The molecule has 0 radical (unpaired) electrons. The van der Waals surface area contributed by atoms with E-state index in [1.54, 1.807) is 0 Å². The van der Waals surface area contributed by atoms with Crippen LogP contribution in [0.15, 0.2) is 12.7 Å². The van der Waals surface area contributed by atoms with Crippen molar-refractivity contribution in [2.24, 2.45) is 22.7 Å². The summed E-state index contributed by atoms with van der Waals surface area (Å²) in [6.07, 6.45) is 8.47. The number of rotatable bonds is 1. The predicted octanol–water partition coefficient (Wildman–Crippen LogP) is 4.71. The summed E-state index contributed by atoms with van der Waals surface area (Å²) in [7, 11) is 0. The fourth-order valence-electron chi connectivity index (χ4n) is 6.40. The third-order valence-electron chi connectivity index (χ3n) is 7.70. The molecule has 0 bridgehead atoms. The minimum Gasteiger partial charge on any atom is -0.390 e. The molecule has 0 aromatic heterocycles. The summed E-state index contributed by atoms with van der Waals surface area (Å²) in [6.45, 7) is 15.5. The van der Waals surface area contributed by atoms with E-state index in [-0.39, 0.29) is 17.1 Å². The van der Waals surface area contributed by atoms with E-state index in [0.29, 0.717) is 17.3 Å². The first-order valence-electron chi connectivity index (χ1n) is 9.09. The molecule has 1 saturated heterocycles. The van der Waals surface area contributed by atoms with E-state index in [0.717, 1.165) is 19.3 Å². The molecule has 2 nitrogen and oxygen atoms in total. The molecule has 2 aliphatic carbocycles. The SMILES string of the molecule is C=C[C@@]1(C)CCC2[C@](C)(O1)[C@@H](O)C[C@H]1C(C)(C)CCC[C@]21C. The van der Waals surface area contributed by atoms with Crippen molar-refractivity contribution in [3.05, 3.63) is 12.7 Å². The molecule has 0 amide bonds. The quantitative estimate of drug-likeness (QED) is 0.711. The van der Waals surface area contributed by atoms with Crippen LogP contribution in [0.3, 0.4) is 0 Å². The van der Waals surface area contributed by atoms with Gasteiger partial charge in [-0.2, -0.15) is 0 Å². The molecule has 6 atom stereocenters. The second-order valence-electron chi connectivity index (χ2n) is 9.55. The van der Waals surface area contributed by atoms with Gasteiger partial charge < -0.3 is 9.84 Å². The van der Waals surface area contributed by atoms with E-state index in [9.17, 15) is 5.11 Å². The van der Waals surface area contributed by atoms with Crippen LogP contribution in [0.4, 0.5) is 0 Å². The van der Waals surface area contributed by atoms with E-state index < -0.39 is 5.60 Å². The smallest absolute Gasteiger partial charge is 0.0957 e. The van der Waals surface area contributed by atoms with Gasteiger partial charge in [0.15, 0.2) is 0 Å². The maximum Gasteiger partial charge on any atom is 0.0957 e. The van der Waals surface area contributed by atoms with Crippen molar-refractivity contribution >= 4 is 0 Å². The molecule has 0 aromatic carbocycles. The first-order chi connectivity index (χ1) is 10.1. The minimum atomic E-state index is -0.431. The zero-order chi connectivity index (χ0) is 16.4. The Kier molecular flexibility index (Phi) is 3.63. The molecule has 2 heteroatoms. The lowest BCUT2D eigenvalue weighted by Crippen LogP contribution is -2.67. The van der Waals surface area contributed by atoms with Crippen LogP contribution in [0.1, 0.15) is 73.1 Å². The van der Waals surface area contributed by atoms with Gasteiger partial charge in [0, 0.05) is 0 Å². The molecular formula is C20H34O2. The van der Waals surface area contributed by atoms with Crippen molar-refractivity contribution in [2.75, 3.05) is 0 Å². The highest BCUT2D eigenvalue weighted by Crippen LogP contribution is 2.65. The first kappa shape index (κ1) is 16.5. The van der Waals surface area contributed by atoms with Crippen LogP contribution in [0, 0.1) is 22.7 Å². The Balaban J connectivity index is 2.01. The number of hydrogen-bond donors (Lipinski definition) is 1. The monoisotopic (exact) mass is 306 g/mol. The average molecular weight is 306 g/mol. The van der Waals surface area contributed by atoms with Crippen molar-refractivity contribution in [1.82, 2.24) is 0 Å². The summed E-state index contributed by atoms with van der Waals surface area (Å²) >= 11 is 0. The molecule has 1 aliphatic heterocycles. The molecule has 0 aromatic rings. The lowest BCUT2D eigenvalue weighted by Gasteiger charge is -2.66. The fourth-order valence-corrected chi connectivity index (χ4v) is 6.40. The van der Waals surface area contributed by atoms with Gasteiger partial charge in [-0.15, -0.1) is 6.58 Å². The lowest BCUT2D eigenvalue weighted by atomic mass is 9.44. The van der Waals surface area contributed by atoms with Gasteiger partial charge in [0.05, 0.1) is 17.3 Å². The predicted molar refractivity (Wildman–Crippen MR) is 90.7 cm³/mol. The van der Waals surface area contributed by atoms with Gasteiger partial charge in [-0.1, -0.05) is 33.3 Å². The van der Waals surface area contributed by atoms with Gasteiger partial charge in [0.25, 0.3) is 0 Å². The number of aliphatic hydroxyl groups is 1. The summed E-state index contributed by atoms with van der Waals surface area (Å²) in [6, 6.07) is 0. The maximum atomic E-state index is 11.0. The van der Waals surface area contributed by atoms with Gasteiger partial charge in [-0.3, -0.25) is 0 Å². The third-order valence-corrected chi connectivity index (χ3v) is 7.70. The highest BCUT2D eigenvalue weighted by atomic mass is 16.5. The molecule has 3 rings (SSSR count). The molecule has 1 heterocycles. The molecule has 2 saturated carbocycles. The molecule has 126 valence electrons. The Labute approximate surface area is 136 Å². The van der Waals surface area contributed by atoms with E-state index in [4.69, 9.17) is 4.74 Å². The van der Waals surface area contributed by atoms with Crippen molar-refractivity contribution in [2.45, 2.75) is 90.4 Å². The Morgan fingerprint density at radius 3 is 2.36 bits per heavy atom. The van der Waals surface area contributed by atoms with Crippen molar-refractivity contribution in [1.29, 1.82) is 0 Å². The van der Waals surface area contributed by atoms with Gasteiger partial charge in [0.1, 0.15) is 0 Å². The van der Waals surface area contributed by atoms with Crippen LogP contribution in [0.25, 0.3) is 0 Å². The van der Waals surface area contributed by atoms with Crippen LogP contribution in [-0.2, 0) is 4.74 Å². The molecule has 22 heavy (non-hydrogen) atoms. The van der Waals surface area contributed by atoms with Crippen LogP contribution >= 0.6 is 0 Å². The van der Waals surface area contributed by atoms with Gasteiger partial charge in [-0.05, 0) is 68.6 Å². The third kappa shape index (κ3) is 2.13. The van der Waals surface area contributed by atoms with Crippen molar-refractivity contribution < 1.29 is 9.84 Å². The van der Waals surface area contributed by atoms with Crippen LogP contribution in [0.2, 0.25) is 0 Å². The first-order valence-corrected chi connectivity index (χ1v) is 9.09. The molecule has 1 unspecified atom stereocenters. The van der Waals surface area contributed by atoms with E-state index >= 15 is 0 Å². The van der Waals surface area contributed by atoms with Gasteiger partial charge in [-0.25, -0.2) is 0 Å². The highest BCUT2D eigenvalue weighted by molar-refractivity contribution is 5.15. The maximum absolute atomic E-state index is 11.0. The number of hydrogen-bond acceptors (Lipinski definition) is 2. The van der Waals surface area contributed by atoms with Gasteiger partial charge in [0.2, 0.25) is 0 Å². The molecule has 0 spiro atoms. The topological polar surface area (TPSA) is 29.5 Å². The van der Waals surface area contributed by atoms with Crippen LogP contribution < -0.4 is 0 Å². The standard InChI is InChI=1S/C20H34O2/c1-7-18(4)12-9-14-19(5)11-8-10-17(2,3)15(19)13-16(21)20(14,6)22-18/h7,14-16,21H,1,8-13H2,2-6H3/t14?,15-,16-,18-,19+,20-/m0/s1. The molecule has 3 fully saturated rings. The van der Waals surface area contributed by atoms with Crippen molar-refractivity contribution in [3.63, 3.8) is 0 Å². The Bertz CT molecular complexity index is 470. The highest BCUT2D eigenvalue weighted by Gasteiger charge is 2.64. The fraction of sp³-hybridized carbons (Fsp3) is 0.900. The summed E-state index contributed by atoms with van der Waals surface area (Å²) in [5, 5.41) is 11.0. The Hall–Kier alpha value is -0.340. The van der Waals surface area contributed by atoms with E-state index in [1.165, 1.54) is 19.3 Å². The Morgan fingerprint density at radius 1 is 1.05 bits per heavy atom. The lowest BCUT2D eigenvalue weighted by molar-refractivity contribution is -0.290. The summed E-state index contributed by atoms with van der Waals surface area (Å²) in [5.74, 6) is 1.04. The molecule has 1 N–H and O–H groups in total. The average Bonchev–Trinajstić information content (AvgIpc) is 2.41. The zero-order valence-electron chi connectivity index (χ0n) is 15.1. The largest absolute Gasteiger partial charge is 0.390 e. The number of fused-ring (bicyclic) bond motifs is 3. The van der Waals surface area contributed by atoms with Crippen LogP contribution in [0.5, 0.6) is 0 Å². The Morgan fingerprint density at radius 2 is 1.73 bits per heavy atom. The molecular weight excluding hydrogens is 272 g/mol. The second-order valence-corrected chi connectivity index (χ2v) is 9.55. The minimum absolute atomic E-state index is 0.290. The summed E-state index contributed by atoms with van der Waals surface area (Å²) in [4.78, 5) is 0.